The van der Waals surface area contributed by atoms with E-state index in [0.717, 1.165) is 18.4 Å². The van der Waals surface area contributed by atoms with Crippen LogP contribution in [-0.4, -0.2) is 30.6 Å². The van der Waals surface area contributed by atoms with Gasteiger partial charge in [0.05, 0.1) is 17.5 Å². The van der Waals surface area contributed by atoms with E-state index in [0.29, 0.717) is 35.0 Å². The van der Waals surface area contributed by atoms with E-state index < -0.39 is 5.97 Å². The van der Waals surface area contributed by atoms with Crippen molar-refractivity contribution in [3.63, 3.8) is 0 Å². The molecule has 140 valence electrons. The minimum atomic E-state index is -0.951. The van der Waals surface area contributed by atoms with Crippen LogP contribution in [0.4, 0.5) is 0 Å². The van der Waals surface area contributed by atoms with Crippen LogP contribution in [0.25, 0.3) is 22.6 Å². The van der Waals surface area contributed by atoms with Crippen LogP contribution < -0.4 is 5.69 Å². The summed E-state index contributed by atoms with van der Waals surface area (Å²) >= 11 is 0. The smallest absolute Gasteiger partial charge is 0.335 e. The lowest BCUT2D eigenvalue weighted by molar-refractivity contribution is 0.0696. The van der Waals surface area contributed by atoms with Crippen LogP contribution in [0.1, 0.15) is 48.0 Å². The monoisotopic (exact) mass is 366 g/mol. The molecule has 3 aromatic rings. The highest BCUT2D eigenvalue weighted by Crippen LogP contribution is 2.26. The van der Waals surface area contributed by atoms with Crippen LogP contribution in [0.3, 0.4) is 0 Å². The van der Waals surface area contributed by atoms with Gasteiger partial charge in [-0.25, -0.2) is 19.6 Å². The van der Waals surface area contributed by atoms with Gasteiger partial charge in [-0.1, -0.05) is 25.3 Å². The van der Waals surface area contributed by atoms with Crippen molar-refractivity contribution in [1.82, 2.24) is 19.5 Å². The highest BCUT2D eigenvalue weighted by atomic mass is 16.4. The number of aromatic nitrogens is 4. The predicted octanol–water partition coefficient (Wildman–Crippen LogP) is 3.37. The molecule has 2 heterocycles. The number of aryl methyl sites for hydroxylation is 1. The quantitative estimate of drug-likeness (QED) is 0.737. The number of carboxylic acid groups (broad SMARTS) is 1. The summed E-state index contributed by atoms with van der Waals surface area (Å²) in [6.45, 7) is 2.42. The molecule has 0 amide bonds. The normalized spacial score (nSPS) is 15.3. The molecule has 1 aliphatic carbocycles. The lowest BCUT2D eigenvalue weighted by Crippen LogP contribution is -2.23. The summed E-state index contributed by atoms with van der Waals surface area (Å²) in [7, 11) is 0. The Balaban J connectivity index is 1.73. The van der Waals surface area contributed by atoms with Crippen molar-refractivity contribution in [1.29, 1.82) is 0 Å². The fourth-order valence-corrected chi connectivity index (χ4v) is 3.92. The second-order valence-corrected chi connectivity index (χ2v) is 7.31. The molecule has 27 heavy (non-hydrogen) atoms. The van der Waals surface area contributed by atoms with Gasteiger partial charge >= 0.3 is 11.7 Å². The molecule has 0 spiro atoms. The van der Waals surface area contributed by atoms with Crippen LogP contribution in [0, 0.1) is 12.8 Å². The molecule has 2 N–H and O–H groups in total. The summed E-state index contributed by atoms with van der Waals surface area (Å²) in [5, 5.41) is 9.19. The van der Waals surface area contributed by atoms with E-state index in [-0.39, 0.29) is 11.3 Å². The average molecular weight is 366 g/mol. The third-order valence-electron chi connectivity index (χ3n) is 5.40. The number of hydrogen-bond donors (Lipinski definition) is 2. The zero-order chi connectivity index (χ0) is 19.0. The largest absolute Gasteiger partial charge is 0.478 e. The molecule has 1 aromatic carbocycles. The number of rotatable bonds is 4. The van der Waals surface area contributed by atoms with Gasteiger partial charge < -0.3 is 5.11 Å². The minimum Gasteiger partial charge on any atom is -0.478 e. The molecule has 0 saturated heterocycles. The van der Waals surface area contributed by atoms with E-state index in [1.165, 1.54) is 19.3 Å². The Kier molecular flexibility index (Phi) is 4.51. The number of H-pyrrole nitrogens is 1. The van der Waals surface area contributed by atoms with Crippen LogP contribution >= 0.6 is 0 Å². The Morgan fingerprint density at radius 2 is 2.07 bits per heavy atom. The van der Waals surface area contributed by atoms with Gasteiger partial charge in [0.2, 0.25) is 0 Å². The van der Waals surface area contributed by atoms with Gasteiger partial charge in [0.1, 0.15) is 0 Å². The van der Waals surface area contributed by atoms with Crippen molar-refractivity contribution in [2.75, 3.05) is 0 Å². The molecule has 4 rings (SSSR count). The van der Waals surface area contributed by atoms with Crippen LogP contribution in [0.15, 0.2) is 29.2 Å². The summed E-state index contributed by atoms with van der Waals surface area (Å²) in [6.07, 6.45) is 7.60. The van der Waals surface area contributed by atoms with Crippen molar-refractivity contribution in [2.45, 2.75) is 45.6 Å². The molecular formula is C20H22N4O3. The number of nitrogens with one attached hydrogen (secondary N) is 1. The fourth-order valence-electron chi connectivity index (χ4n) is 3.92. The lowest BCUT2D eigenvalue weighted by atomic mass is 9.89. The number of carboxylic acids is 1. The van der Waals surface area contributed by atoms with Gasteiger partial charge in [0.15, 0.2) is 11.3 Å². The molecule has 0 unspecified atom stereocenters. The molecular weight excluding hydrogens is 344 g/mol. The van der Waals surface area contributed by atoms with Gasteiger partial charge in [-0.15, -0.1) is 0 Å². The number of carbonyl (C=O) groups is 1. The first-order chi connectivity index (χ1) is 13.0. The van der Waals surface area contributed by atoms with Gasteiger partial charge in [-0.3, -0.25) is 9.55 Å². The first kappa shape index (κ1) is 17.5. The second kappa shape index (κ2) is 6.98. The lowest BCUT2D eigenvalue weighted by Gasteiger charge is -2.21. The van der Waals surface area contributed by atoms with Crippen molar-refractivity contribution < 1.29 is 9.90 Å². The van der Waals surface area contributed by atoms with Crippen molar-refractivity contribution in [3.05, 3.63) is 46.0 Å². The Morgan fingerprint density at radius 1 is 1.30 bits per heavy atom. The van der Waals surface area contributed by atoms with E-state index in [1.807, 2.05) is 0 Å². The van der Waals surface area contributed by atoms with Crippen molar-refractivity contribution in [2.24, 2.45) is 5.92 Å². The number of aromatic amines is 1. The molecule has 0 atom stereocenters. The maximum atomic E-state index is 12.4. The van der Waals surface area contributed by atoms with E-state index in [4.69, 9.17) is 0 Å². The van der Waals surface area contributed by atoms with Crippen LogP contribution in [-0.2, 0) is 6.54 Å². The highest BCUT2D eigenvalue weighted by molar-refractivity contribution is 5.90. The maximum Gasteiger partial charge on any atom is 0.335 e. The van der Waals surface area contributed by atoms with E-state index in [1.54, 1.807) is 35.9 Å². The summed E-state index contributed by atoms with van der Waals surface area (Å²) in [5.41, 5.74) is 3.20. The number of fused-ring (bicyclic) bond motifs is 1. The van der Waals surface area contributed by atoms with Crippen molar-refractivity contribution in [3.8, 4) is 11.3 Å². The first-order valence-corrected chi connectivity index (χ1v) is 9.33. The number of aromatic carboxylic acids is 1. The van der Waals surface area contributed by atoms with Gasteiger partial charge in [-0.05, 0) is 43.4 Å². The number of imidazole rings is 1. The Morgan fingerprint density at radius 3 is 2.78 bits per heavy atom. The summed E-state index contributed by atoms with van der Waals surface area (Å²) in [6, 6.07) is 5.09. The molecule has 1 fully saturated rings. The zero-order valence-corrected chi connectivity index (χ0v) is 15.2. The maximum absolute atomic E-state index is 12.4. The average Bonchev–Trinajstić information content (AvgIpc) is 2.97. The van der Waals surface area contributed by atoms with E-state index in [9.17, 15) is 14.7 Å². The first-order valence-electron chi connectivity index (χ1n) is 9.33. The second-order valence-electron chi connectivity index (χ2n) is 7.31. The topological polar surface area (TPSA) is 101 Å². The highest BCUT2D eigenvalue weighted by Gasteiger charge is 2.18. The Bertz CT molecular complexity index is 1060. The van der Waals surface area contributed by atoms with Gasteiger partial charge in [0.25, 0.3) is 0 Å². The third-order valence-corrected chi connectivity index (χ3v) is 5.40. The molecule has 2 aromatic heterocycles. The standard InChI is InChI=1S/C20H22N4O3/c1-12-9-14(7-8-15(12)19(25)26)16-10-21-17-18(22-16)24(20(27)23-17)11-13-5-3-2-4-6-13/h7-10,13H,2-6,11H2,1H3,(H,25,26)(H,21,23,27). The summed E-state index contributed by atoms with van der Waals surface area (Å²) < 4.78 is 1.69. The number of hydrogen-bond acceptors (Lipinski definition) is 4. The molecule has 7 heteroatoms. The fraction of sp³-hybridized carbons (Fsp3) is 0.400. The Labute approximate surface area is 156 Å². The van der Waals surface area contributed by atoms with Crippen molar-refractivity contribution >= 4 is 17.3 Å². The molecule has 1 saturated carbocycles. The Hall–Kier alpha value is -2.96. The van der Waals surface area contributed by atoms with Gasteiger partial charge in [0, 0.05) is 12.1 Å². The van der Waals surface area contributed by atoms with E-state index in [2.05, 4.69) is 15.0 Å². The predicted molar refractivity (Wildman–Crippen MR) is 102 cm³/mol. The zero-order valence-electron chi connectivity index (χ0n) is 15.2. The molecule has 0 radical (unpaired) electrons. The number of nitrogens with zero attached hydrogens (tertiary/aromatic N) is 3. The summed E-state index contributed by atoms with van der Waals surface area (Å²) in [5.74, 6) is -0.453. The summed E-state index contributed by atoms with van der Waals surface area (Å²) in [4.78, 5) is 35.4. The molecule has 7 nitrogen and oxygen atoms in total. The molecule has 0 bridgehead atoms. The SMILES string of the molecule is Cc1cc(-c2cnc3[nH]c(=O)n(CC4CCCCC4)c3n2)ccc1C(=O)O. The number of benzene rings is 1. The van der Waals surface area contributed by atoms with Crippen LogP contribution in [0.2, 0.25) is 0 Å². The van der Waals surface area contributed by atoms with Crippen LogP contribution in [0.5, 0.6) is 0 Å². The van der Waals surface area contributed by atoms with E-state index >= 15 is 0 Å². The third kappa shape index (κ3) is 3.37. The molecule has 0 aliphatic heterocycles. The van der Waals surface area contributed by atoms with Gasteiger partial charge in [-0.2, -0.15) is 0 Å². The minimum absolute atomic E-state index is 0.176. The molecule has 1 aliphatic rings.